The normalized spacial score (nSPS) is 10.9. The Balaban J connectivity index is 1.95. The number of anilines is 2. The van der Waals surface area contributed by atoms with Crippen LogP contribution in [0, 0.1) is 0 Å². The number of rotatable bonds is 9. The quantitative estimate of drug-likeness (QED) is 0.483. The molecule has 0 heterocycles. The monoisotopic (exact) mass is 490 g/mol. The summed E-state index contributed by atoms with van der Waals surface area (Å²) in [5, 5.41) is 3.13. The van der Waals surface area contributed by atoms with Crippen LogP contribution in [0.1, 0.15) is 0 Å². The first-order chi connectivity index (χ1) is 15.8. The molecule has 3 aromatic rings. The van der Waals surface area contributed by atoms with Crippen LogP contribution in [0.25, 0.3) is 0 Å². The molecule has 0 aromatic heterocycles. The van der Waals surface area contributed by atoms with E-state index < -0.39 is 22.5 Å². The molecule has 3 aromatic carbocycles. The number of methoxy groups -OCH3 is 3. The zero-order valence-electron chi connectivity index (χ0n) is 18.2. The van der Waals surface area contributed by atoms with Crippen LogP contribution in [0.2, 0.25) is 5.02 Å². The standard InChI is InChI=1S/C23H23ClN2O6S/c1-30-19-10-6-17(7-11-19)25-23(27)15-26(18-8-4-16(24)5-9-18)33(28,29)20-12-13-21(31-2)22(14-20)32-3/h4-14H,15H2,1-3H3,(H,25,27). The Morgan fingerprint density at radius 2 is 1.52 bits per heavy atom. The first kappa shape index (κ1) is 24.2. The molecular weight excluding hydrogens is 468 g/mol. The van der Waals surface area contributed by atoms with Gasteiger partial charge in [-0.25, -0.2) is 8.42 Å². The van der Waals surface area contributed by atoms with E-state index in [0.717, 1.165) is 4.31 Å². The SMILES string of the molecule is COc1ccc(NC(=O)CN(c2ccc(Cl)cc2)S(=O)(=O)c2ccc(OC)c(OC)c2)cc1. The summed E-state index contributed by atoms with van der Waals surface area (Å²) in [6.45, 7) is -0.468. The van der Waals surface area contributed by atoms with Crippen molar-refractivity contribution in [2.45, 2.75) is 4.90 Å². The second-order valence-electron chi connectivity index (χ2n) is 6.78. The van der Waals surface area contributed by atoms with Gasteiger partial charge in [-0.3, -0.25) is 9.10 Å². The van der Waals surface area contributed by atoms with Gasteiger partial charge in [0.15, 0.2) is 11.5 Å². The van der Waals surface area contributed by atoms with Crippen molar-refractivity contribution in [2.24, 2.45) is 0 Å². The van der Waals surface area contributed by atoms with E-state index in [2.05, 4.69) is 5.32 Å². The molecular formula is C23H23ClN2O6S. The van der Waals surface area contributed by atoms with E-state index >= 15 is 0 Å². The van der Waals surface area contributed by atoms with Crippen LogP contribution < -0.4 is 23.8 Å². The van der Waals surface area contributed by atoms with Gasteiger partial charge in [-0.05, 0) is 60.7 Å². The molecule has 1 amide bonds. The predicted molar refractivity (Wildman–Crippen MR) is 127 cm³/mol. The summed E-state index contributed by atoms with van der Waals surface area (Å²) in [5.74, 6) is 0.732. The minimum Gasteiger partial charge on any atom is -0.497 e. The molecule has 0 radical (unpaired) electrons. The van der Waals surface area contributed by atoms with Gasteiger partial charge in [-0.1, -0.05) is 11.6 Å². The van der Waals surface area contributed by atoms with Gasteiger partial charge in [0, 0.05) is 16.8 Å². The molecule has 0 aliphatic rings. The highest BCUT2D eigenvalue weighted by Gasteiger charge is 2.28. The van der Waals surface area contributed by atoms with Gasteiger partial charge in [-0.15, -0.1) is 0 Å². The van der Waals surface area contributed by atoms with Crippen LogP contribution in [0.3, 0.4) is 0 Å². The third-order valence-corrected chi connectivity index (χ3v) is 6.74. The van der Waals surface area contributed by atoms with Crippen molar-refractivity contribution in [3.8, 4) is 17.2 Å². The Kier molecular flexibility index (Phi) is 7.67. The molecule has 3 rings (SSSR count). The molecule has 8 nitrogen and oxygen atoms in total. The van der Waals surface area contributed by atoms with Crippen LogP contribution in [-0.2, 0) is 14.8 Å². The molecule has 0 unspecified atom stereocenters. The zero-order chi connectivity index (χ0) is 24.0. The number of carbonyl (C=O) groups excluding carboxylic acids is 1. The molecule has 0 saturated heterocycles. The van der Waals surface area contributed by atoms with Crippen molar-refractivity contribution in [2.75, 3.05) is 37.5 Å². The lowest BCUT2D eigenvalue weighted by molar-refractivity contribution is -0.114. The van der Waals surface area contributed by atoms with Crippen molar-refractivity contribution >= 4 is 38.9 Å². The first-order valence-electron chi connectivity index (χ1n) is 9.72. The summed E-state index contributed by atoms with van der Waals surface area (Å²) < 4.78 is 43.6. The molecule has 0 bridgehead atoms. The fourth-order valence-electron chi connectivity index (χ4n) is 3.03. The second-order valence-corrected chi connectivity index (χ2v) is 9.08. The molecule has 0 aliphatic carbocycles. The van der Waals surface area contributed by atoms with Gasteiger partial charge < -0.3 is 19.5 Å². The highest BCUT2D eigenvalue weighted by atomic mass is 35.5. The molecule has 10 heteroatoms. The molecule has 174 valence electrons. The Hall–Kier alpha value is -3.43. The highest BCUT2D eigenvalue weighted by Crippen LogP contribution is 2.32. The minimum atomic E-state index is -4.15. The lowest BCUT2D eigenvalue weighted by Crippen LogP contribution is -2.38. The molecule has 0 atom stereocenters. The van der Waals surface area contributed by atoms with Crippen molar-refractivity contribution < 1.29 is 27.4 Å². The Morgan fingerprint density at radius 3 is 2.09 bits per heavy atom. The summed E-state index contributed by atoms with van der Waals surface area (Å²) in [6.07, 6.45) is 0. The van der Waals surface area contributed by atoms with Crippen molar-refractivity contribution in [1.82, 2.24) is 0 Å². The maximum atomic E-state index is 13.6. The number of nitrogens with zero attached hydrogens (tertiary/aromatic N) is 1. The summed E-state index contributed by atoms with van der Waals surface area (Å²) in [6, 6.07) is 17.1. The highest BCUT2D eigenvalue weighted by molar-refractivity contribution is 7.92. The molecule has 0 fully saturated rings. The van der Waals surface area contributed by atoms with Gasteiger partial charge in [0.1, 0.15) is 12.3 Å². The number of benzene rings is 3. The number of hydrogen-bond acceptors (Lipinski definition) is 6. The Labute approximate surface area is 197 Å². The summed E-state index contributed by atoms with van der Waals surface area (Å²) >= 11 is 5.97. The topological polar surface area (TPSA) is 94.2 Å². The zero-order valence-corrected chi connectivity index (χ0v) is 19.8. The summed E-state index contributed by atoms with van der Waals surface area (Å²) in [4.78, 5) is 12.7. The number of hydrogen-bond donors (Lipinski definition) is 1. The van der Waals surface area contributed by atoms with E-state index in [1.165, 1.54) is 51.7 Å². The number of amides is 1. The van der Waals surface area contributed by atoms with E-state index in [4.69, 9.17) is 25.8 Å². The van der Waals surface area contributed by atoms with Crippen molar-refractivity contribution in [1.29, 1.82) is 0 Å². The van der Waals surface area contributed by atoms with Gasteiger partial charge in [0.05, 0.1) is 31.9 Å². The van der Waals surface area contributed by atoms with Crippen LogP contribution in [-0.4, -0.2) is 42.2 Å². The molecule has 1 N–H and O–H groups in total. The van der Waals surface area contributed by atoms with Crippen LogP contribution in [0.5, 0.6) is 17.2 Å². The lowest BCUT2D eigenvalue weighted by Gasteiger charge is -2.24. The van der Waals surface area contributed by atoms with E-state index in [-0.39, 0.29) is 16.3 Å². The molecule has 0 saturated carbocycles. The van der Waals surface area contributed by atoms with Gasteiger partial charge in [0.25, 0.3) is 10.0 Å². The van der Waals surface area contributed by atoms with Gasteiger partial charge >= 0.3 is 0 Å². The average molecular weight is 491 g/mol. The maximum absolute atomic E-state index is 13.6. The lowest BCUT2D eigenvalue weighted by atomic mass is 10.3. The van der Waals surface area contributed by atoms with Crippen molar-refractivity contribution in [3.63, 3.8) is 0 Å². The molecule has 0 aliphatic heterocycles. The van der Waals surface area contributed by atoms with Gasteiger partial charge in [-0.2, -0.15) is 0 Å². The van der Waals surface area contributed by atoms with Crippen LogP contribution >= 0.6 is 11.6 Å². The Morgan fingerprint density at radius 1 is 0.879 bits per heavy atom. The largest absolute Gasteiger partial charge is 0.497 e. The number of halogens is 1. The second kappa shape index (κ2) is 10.5. The average Bonchev–Trinajstić information content (AvgIpc) is 2.83. The fraction of sp³-hybridized carbons (Fsp3) is 0.174. The maximum Gasteiger partial charge on any atom is 0.264 e. The minimum absolute atomic E-state index is 0.0626. The third-order valence-electron chi connectivity index (χ3n) is 4.72. The van der Waals surface area contributed by atoms with Crippen LogP contribution in [0.15, 0.2) is 71.6 Å². The number of carbonyl (C=O) groups is 1. The number of sulfonamides is 1. The van der Waals surface area contributed by atoms with Crippen LogP contribution in [0.4, 0.5) is 11.4 Å². The van der Waals surface area contributed by atoms with E-state index in [1.807, 2.05) is 0 Å². The third kappa shape index (κ3) is 5.68. The summed E-state index contributed by atoms with van der Waals surface area (Å²) in [5.41, 5.74) is 0.777. The summed E-state index contributed by atoms with van der Waals surface area (Å²) in [7, 11) is 0.254. The predicted octanol–water partition coefficient (Wildman–Crippen LogP) is 4.20. The van der Waals surface area contributed by atoms with E-state index in [0.29, 0.717) is 22.2 Å². The number of nitrogens with one attached hydrogen (secondary N) is 1. The molecule has 33 heavy (non-hydrogen) atoms. The number of ether oxygens (including phenoxy) is 3. The van der Waals surface area contributed by atoms with E-state index in [1.54, 1.807) is 36.4 Å². The molecule has 0 spiro atoms. The van der Waals surface area contributed by atoms with Crippen molar-refractivity contribution in [3.05, 3.63) is 71.8 Å². The smallest absolute Gasteiger partial charge is 0.264 e. The fourth-order valence-corrected chi connectivity index (χ4v) is 4.59. The first-order valence-corrected chi connectivity index (χ1v) is 11.5. The Bertz CT molecular complexity index is 1210. The van der Waals surface area contributed by atoms with Gasteiger partial charge in [0.2, 0.25) is 5.91 Å². The van der Waals surface area contributed by atoms with E-state index in [9.17, 15) is 13.2 Å².